The molecule has 1 saturated carbocycles. The first kappa shape index (κ1) is 26.3. The molecule has 1 fully saturated rings. The third-order valence-corrected chi connectivity index (χ3v) is 8.67. The van der Waals surface area contributed by atoms with Gasteiger partial charge in [-0.2, -0.15) is 15.5 Å². The van der Waals surface area contributed by atoms with Crippen molar-refractivity contribution in [2.45, 2.75) is 64.0 Å². The van der Waals surface area contributed by atoms with Gasteiger partial charge in [-0.15, -0.1) is 0 Å². The number of amides is 2. The zero-order chi connectivity index (χ0) is 28.0. The van der Waals surface area contributed by atoms with E-state index in [0.717, 1.165) is 66.9 Å². The number of aromatic nitrogens is 4. The third-order valence-electron chi connectivity index (χ3n) is 8.67. The largest absolute Gasteiger partial charge is 0.341 e. The number of rotatable bonds is 4. The molecule has 2 aromatic heterocycles. The zero-order valence-electron chi connectivity index (χ0n) is 22.9. The van der Waals surface area contributed by atoms with Gasteiger partial charge in [0.25, 0.3) is 6.43 Å². The molecule has 1 aliphatic carbocycles. The van der Waals surface area contributed by atoms with Gasteiger partial charge in [0.05, 0.1) is 24.9 Å². The fourth-order valence-electron chi connectivity index (χ4n) is 6.59. The summed E-state index contributed by atoms with van der Waals surface area (Å²) in [5, 5.41) is 21.5. The van der Waals surface area contributed by atoms with Crippen LogP contribution < -0.4 is 10.2 Å². The molecule has 2 amide bonds. The van der Waals surface area contributed by atoms with Crippen LogP contribution in [0.25, 0.3) is 11.1 Å². The molecule has 40 heavy (non-hydrogen) atoms. The van der Waals surface area contributed by atoms with E-state index < -0.39 is 6.43 Å². The van der Waals surface area contributed by atoms with Crippen molar-refractivity contribution in [3.8, 4) is 17.2 Å². The van der Waals surface area contributed by atoms with Gasteiger partial charge in [-0.3, -0.25) is 9.36 Å². The maximum Gasteiger partial charge on any atom is 0.317 e. The van der Waals surface area contributed by atoms with Gasteiger partial charge < -0.3 is 15.1 Å². The van der Waals surface area contributed by atoms with E-state index in [0.29, 0.717) is 37.2 Å². The monoisotopic (exact) mass is 548 g/mol. The van der Waals surface area contributed by atoms with Crippen LogP contribution in [0.15, 0.2) is 24.5 Å². The molecule has 9 nitrogen and oxygen atoms in total. The minimum Gasteiger partial charge on any atom is -0.341 e. The molecule has 0 saturated heterocycles. The van der Waals surface area contributed by atoms with E-state index in [2.05, 4.69) is 26.1 Å². The van der Waals surface area contributed by atoms with Crippen LogP contribution >= 0.6 is 0 Å². The van der Waals surface area contributed by atoms with Gasteiger partial charge in [-0.1, -0.05) is 0 Å². The number of anilines is 2. The lowest BCUT2D eigenvalue weighted by molar-refractivity contribution is 0.152. The van der Waals surface area contributed by atoms with E-state index in [1.54, 1.807) is 42.1 Å². The second-order valence-electron chi connectivity index (χ2n) is 11.1. The molecule has 2 aliphatic heterocycles. The van der Waals surface area contributed by atoms with E-state index in [1.807, 2.05) is 6.07 Å². The number of fused-ring (bicyclic) bond motifs is 2. The first-order valence-corrected chi connectivity index (χ1v) is 14.1. The Labute approximate surface area is 232 Å². The van der Waals surface area contributed by atoms with E-state index >= 15 is 0 Å². The molecule has 1 aromatic carbocycles. The van der Waals surface area contributed by atoms with E-state index in [-0.39, 0.29) is 23.6 Å². The molecule has 0 spiro atoms. The van der Waals surface area contributed by atoms with Gasteiger partial charge in [0, 0.05) is 73.8 Å². The Hall–Kier alpha value is -3.94. The number of nitriles is 1. The molecular weight excluding hydrogens is 514 g/mol. The topological polar surface area (TPSA) is 95.0 Å². The molecule has 0 atom stereocenters. The zero-order valence-corrected chi connectivity index (χ0v) is 22.9. The SMILES string of the molecule is CNC(=O)N1CCc2c(c(N3CCCc4cc(-c5cnn(C)c5)c(C(F)F)cc43)nn2[C@H]2CC[C@@H](C#N)CC2)C1. The molecule has 0 unspecified atom stereocenters. The summed E-state index contributed by atoms with van der Waals surface area (Å²) in [6.45, 7) is 1.66. The van der Waals surface area contributed by atoms with Crippen LogP contribution in [0.5, 0.6) is 0 Å². The Morgan fingerprint density at radius 2 is 1.98 bits per heavy atom. The number of halogens is 2. The Morgan fingerprint density at radius 1 is 1.18 bits per heavy atom. The molecule has 0 bridgehead atoms. The Kier molecular flexibility index (Phi) is 6.94. The van der Waals surface area contributed by atoms with E-state index in [1.165, 1.54) is 0 Å². The number of carbonyl (C=O) groups excluding carboxylic acids is 1. The van der Waals surface area contributed by atoms with Gasteiger partial charge in [0.2, 0.25) is 0 Å². The fourth-order valence-corrected chi connectivity index (χ4v) is 6.59. The lowest BCUT2D eigenvalue weighted by Gasteiger charge is -2.33. The number of alkyl halides is 2. The van der Waals surface area contributed by atoms with Crippen molar-refractivity contribution in [3.63, 3.8) is 0 Å². The lowest BCUT2D eigenvalue weighted by Crippen LogP contribution is -2.42. The summed E-state index contributed by atoms with van der Waals surface area (Å²) in [7, 11) is 3.41. The van der Waals surface area contributed by atoms with Crippen molar-refractivity contribution >= 4 is 17.5 Å². The number of carbonyl (C=O) groups is 1. The molecule has 3 aromatic rings. The van der Waals surface area contributed by atoms with Crippen LogP contribution in [-0.2, 0) is 26.4 Å². The molecule has 11 heteroatoms. The molecule has 4 heterocycles. The Balaban J connectivity index is 1.44. The van der Waals surface area contributed by atoms with Gasteiger partial charge in [-0.05, 0) is 61.8 Å². The van der Waals surface area contributed by atoms with Crippen molar-refractivity contribution in [1.82, 2.24) is 29.8 Å². The number of nitrogens with one attached hydrogen (secondary N) is 1. The number of benzene rings is 1. The quantitative estimate of drug-likeness (QED) is 0.480. The maximum absolute atomic E-state index is 14.4. The second kappa shape index (κ2) is 10.6. The predicted molar refractivity (Wildman–Crippen MR) is 146 cm³/mol. The standard InChI is InChI=1S/C29H34F2N8O/c1-33-29(40)37-11-9-25-24(17-37)28(35-39(25)21-7-5-18(14-32)6-8-21)38-10-3-4-19-12-22(20-15-34-36(2)16-20)23(27(30)31)13-26(19)38/h12-13,15-16,18,21,27H,3-11,17H2,1-2H3,(H,33,40)/t18-,21+. The van der Waals surface area contributed by atoms with Crippen LogP contribution in [0.3, 0.4) is 0 Å². The van der Waals surface area contributed by atoms with Crippen molar-refractivity contribution in [1.29, 1.82) is 5.26 Å². The summed E-state index contributed by atoms with van der Waals surface area (Å²) >= 11 is 0. The summed E-state index contributed by atoms with van der Waals surface area (Å²) in [4.78, 5) is 16.5. The summed E-state index contributed by atoms with van der Waals surface area (Å²) in [6.07, 6.45) is 6.52. The third kappa shape index (κ3) is 4.59. The fraction of sp³-hybridized carbons (Fsp3) is 0.517. The van der Waals surface area contributed by atoms with Gasteiger partial charge in [0.15, 0.2) is 5.82 Å². The van der Waals surface area contributed by atoms with Crippen LogP contribution in [0, 0.1) is 17.2 Å². The molecule has 3 aliphatic rings. The highest BCUT2D eigenvalue weighted by Gasteiger charge is 2.35. The smallest absolute Gasteiger partial charge is 0.317 e. The van der Waals surface area contributed by atoms with Gasteiger partial charge in [0.1, 0.15) is 0 Å². The minimum atomic E-state index is -2.64. The van der Waals surface area contributed by atoms with Crippen LogP contribution in [0.2, 0.25) is 0 Å². The summed E-state index contributed by atoms with van der Waals surface area (Å²) in [5.74, 6) is 0.836. The minimum absolute atomic E-state index is 0.0197. The highest BCUT2D eigenvalue weighted by molar-refractivity contribution is 5.78. The van der Waals surface area contributed by atoms with Crippen LogP contribution in [-0.4, -0.2) is 50.6 Å². The van der Waals surface area contributed by atoms with E-state index in [9.17, 15) is 18.8 Å². The first-order valence-electron chi connectivity index (χ1n) is 14.1. The van der Waals surface area contributed by atoms with Gasteiger partial charge >= 0.3 is 6.03 Å². The number of hydrogen-bond acceptors (Lipinski definition) is 5. The Bertz CT molecular complexity index is 1460. The molecule has 1 N–H and O–H groups in total. The van der Waals surface area contributed by atoms with Crippen LogP contribution in [0.4, 0.5) is 25.1 Å². The maximum atomic E-state index is 14.4. The average molecular weight is 549 g/mol. The first-order chi connectivity index (χ1) is 19.4. The summed E-state index contributed by atoms with van der Waals surface area (Å²) in [6, 6.07) is 5.98. The number of urea groups is 1. The number of hydrogen-bond donors (Lipinski definition) is 1. The average Bonchev–Trinajstić information content (AvgIpc) is 3.59. The van der Waals surface area contributed by atoms with Crippen molar-refractivity contribution in [3.05, 3.63) is 46.9 Å². The predicted octanol–water partition coefficient (Wildman–Crippen LogP) is 5.26. The van der Waals surface area contributed by atoms with Crippen LogP contribution in [0.1, 0.15) is 67.0 Å². The van der Waals surface area contributed by atoms with Crippen molar-refractivity contribution in [2.24, 2.45) is 13.0 Å². The molecule has 6 rings (SSSR count). The molecule has 210 valence electrons. The van der Waals surface area contributed by atoms with E-state index in [4.69, 9.17) is 5.10 Å². The summed E-state index contributed by atoms with van der Waals surface area (Å²) < 4.78 is 32.6. The van der Waals surface area contributed by atoms with Gasteiger partial charge in [-0.25, -0.2) is 13.6 Å². The van der Waals surface area contributed by atoms with Crippen molar-refractivity contribution in [2.75, 3.05) is 25.0 Å². The normalized spacial score (nSPS) is 20.7. The highest BCUT2D eigenvalue weighted by atomic mass is 19.3. The second-order valence-corrected chi connectivity index (χ2v) is 11.1. The molecular formula is C29H34F2N8O. The number of aryl methyl sites for hydroxylation is 2. The summed E-state index contributed by atoms with van der Waals surface area (Å²) in [5.41, 5.74) is 5.03. The lowest BCUT2D eigenvalue weighted by atomic mass is 9.87. The molecule has 0 radical (unpaired) electrons. The Morgan fingerprint density at radius 3 is 2.65 bits per heavy atom. The number of nitrogens with zero attached hydrogens (tertiary/aromatic N) is 7. The highest BCUT2D eigenvalue weighted by Crippen LogP contribution is 2.44. The van der Waals surface area contributed by atoms with Crippen molar-refractivity contribution < 1.29 is 13.6 Å².